The highest BCUT2D eigenvalue weighted by Crippen LogP contribution is 2.16. The summed E-state index contributed by atoms with van der Waals surface area (Å²) in [6, 6.07) is 5.76. The van der Waals surface area contributed by atoms with Crippen molar-refractivity contribution >= 4 is 17.6 Å². The Kier molecular flexibility index (Phi) is 3.59. The van der Waals surface area contributed by atoms with Gasteiger partial charge in [-0.15, -0.1) is 0 Å². The van der Waals surface area contributed by atoms with E-state index in [4.69, 9.17) is 15.6 Å². The number of ether oxygens (including phenoxy) is 1. The van der Waals surface area contributed by atoms with Crippen LogP contribution < -0.4 is 11.1 Å². The van der Waals surface area contributed by atoms with E-state index in [-0.39, 0.29) is 17.5 Å². The Morgan fingerprint density at radius 1 is 1.39 bits per heavy atom. The third kappa shape index (κ3) is 2.66. The summed E-state index contributed by atoms with van der Waals surface area (Å²) in [5.41, 5.74) is 6.30. The second-order valence-electron chi connectivity index (χ2n) is 4.18. The minimum absolute atomic E-state index is 0.125. The average molecular weight is 250 g/mol. The van der Waals surface area contributed by atoms with Gasteiger partial charge < -0.3 is 20.9 Å². The fraction of sp³-hybridized carbons (Fsp3) is 0.333. The highest BCUT2D eigenvalue weighted by molar-refractivity contribution is 5.95. The van der Waals surface area contributed by atoms with E-state index in [2.05, 4.69) is 5.32 Å². The summed E-state index contributed by atoms with van der Waals surface area (Å²) in [7, 11) is 0. The molecular formula is C12H14N2O4. The molecule has 4 N–H and O–H groups in total. The number of nitrogens with two attached hydrogens (primary N) is 1. The average Bonchev–Trinajstić information content (AvgIpc) is 2.76. The van der Waals surface area contributed by atoms with E-state index in [0.717, 1.165) is 0 Å². The number of carboxylic acids is 1. The highest BCUT2D eigenvalue weighted by Gasteiger charge is 2.31. The maximum Gasteiger partial charge on any atom is 0.335 e. The summed E-state index contributed by atoms with van der Waals surface area (Å²) < 4.78 is 5.11. The van der Waals surface area contributed by atoms with Crippen molar-refractivity contribution in [1.82, 2.24) is 0 Å². The van der Waals surface area contributed by atoms with E-state index in [1.54, 1.807) is 12.1 Å². The second-order valence-corrected chi connectivity index (χ2v) is 4.18. The minimum atomic E-state index is -1.04. The first-order chi connectivity index (χ1) is 8.58. The molecule has 18 heavy (non-hydrogen) atoms. The van der Waals surface area contributed by atoms with Crippen molar-refractivity contribution in [3.8, 4) is 0 Å². The summed E-state index contributed by atoms with van der Waals surface area (Å²) >= 11 is 0. The first-order valence-electron chi connectivity index (χ1n) is 5.55. The maximum absolute atomic E-state index is 11.9. The zero-order valence-corrected chi connectivity index (χ0v) is 9.63. The van der Waals surface area contributed by atoms with Crippen molar-refractivity contribution in [3.05, 3.63) is 29.8 Å². The molecule has 1 fully saturated rings. The Morgan fingerprint density at radius 2 is 2.17 bits per heavy atom. The first-order valence-corrected chi connectivity index (χ1v) is 5.55. The number of carboxylic acid groups (broad SMARTS) is 1. The van der Waals surface area contributed by atoms with Crippen molar-refractivity contribution in [2.45, 2.75) is 6.04 Å². The van der Waals surface area contributed by atoms with Gasteiger partial charge in [0, 0.05) is 11.7 Å². The van der Waals surface area contributed by atoms with Gasteiger partial charge in [-0.1, -0.05) is 6.07 Å². The maximum atomic E-state index is 11.9. The Morgan fingerprint density at radius 3 is 2.78 bits per heavy atom. The lowest BCUT2D eigenvalue weighted by atomic mass is 10.0. The van der Waals surface area contributed by atoms with Gasteiger partial charge in [-0.05, 0) is 18.2 Å². The predicted molar refractivity (Wildman–Crippen MR) is 64.3 cm³/mol. The Bertz CT molecular complexity index is 475. The van der Waals surface area contributed by atoms with E-state index in [9.17, 15) is 9.59 Å². The second kappa shape index (κ2) is 5.16. The quantitative estimate of drug-likeness (QED) is 0.716. The molecule has 1 aliphatic heterocycles. The van der Waals surface area contributed by atoms with Gasteiger partial charge in [0.1, 0.15) is 0 Å². The van der Waals surface area contributed by atoms with Crippen LogP contribution in [0.2, 0.25) is 0 Å². The fourth-order valence-electron chi connectivity index (χ4n) is 1.81. The number of anilines is 1. The van der Waals surface area contributed by atoms with Crippen molar-refractivity contribution in [3.63, 3.8) is 0 Å². The number of aromatic carboxylic acids is 1. The monoisotopic (exact) mass is 250 g/mol. The number of hydrogen-bond acceptors (Lipinski definition) is 4. The van der Waals surface area contributed by atoms with Crippen LogP contribution in [0.25, 0.3) is 0 Å². The molecule has 1 saturated heterocycles. The SMILES string of the molecule is NC1COCC1C(=O)Nc1cccc(C(=O)O)c1. The molecule has 1 amide bonds. The number of hydrogen-bond donors (Lipinski definition) is 3. The van der Waals surface area contributed by atoms with Gasteiger partial charge in [0.2, 0.25) is 5.91 Å². The van der Waals surface area contributed by atoms with E-state index >= 15 is 0 Å². The third-order valence-corrected chi connectivity index (χ3v) is 2.84. The molecule has 1 aromatic rings. The molecule has 1 aromatic carbocycles. The van der Waals surface area contributed by atoms with Crippen molar-refractivity contribution in [1.29, 1.82) is 0 Å². The lowest BCUT2D eigenvalue weighted by molar-refractivity contribution is -0.120. The molecule has 2 rings (SSSR count). The number of benzene rings is 1. The molecule has 2 unspecified atom stereocenters. The molecule has 0 aliphatic carbocycles. The largest absolute Gasteiger partial charge is 0.478 e. The smallest absolute Gasteiger partial charge is 0.335 e. The third-order valence-electron chi connectivity index (χ3n) is 2.84. The van der Waals surface area contributed by atoms with Gasteiger partial charge in [0.25, 0.3) is 0 Å². The molecule has 6 heteroatoms. The Balaban J connectivity index is 2.07. The van der Waals surface area contributed by atoms with Gasteiger partial charge in [-0.2, -0.15) is 0 Å². The molecule has 96 valence electrons. The zero-order chi connectivity index (χ0) is 13.1. The van der Waals surface area contributed by atoms with E-state index < -0.39 is 11.9 Å². The van der Waals surface area contributed by atoms with Crippen LogP contribution >= 0.6 is 0 Å². The van der Waals surface area contributed by atoms with Crippen LogP contribution in [0, 0.1) is 5.92 Å². The number of carbonyl (C=O) groups excluding carboxylic acids is 1. The number of rotatable bonds is 3. The van der Waals surface area contributed by atoms with Gasteiger partial charge in [-0.25, -0.2) is 4.79 Å². The zero-order valence-electron chi connectivity index (χ0n) is 9.63. The van der Waals surface area contributed by atoms with Gasteiger partial charge in [0.15, 0.2) is 0 Å². The minimum Gasteiger partial charge on any atom is -0.478 e. The molecule has 0 saturated carbocycles. The lowest BCUT2D eigenvalue weighted by Gasteiger charge is -2.13. The highest BCUT2D eigenvalue weighted by atomic mass is 16.5. The molecule has 1 aliphatic rings. The number of amides is 1. The number of carbonyl (C=O) groups is 2. The van der Waals surface area contributed by atoms with Crippen LogP contribution in [0.3, 0.4) is 0 Å². The van der Waals surface area contributed by atoms with Crippen LogP contribution in [-0.4, -0.2) is 36.2 Å². The van der Waals surface area contributed by atoms with Crippen LogP contribution in [0.15, 0.2) is 24.3 Å². The predicted octanol–water partition coefficient (Wildman–Crippen LogP) is 0.297. The van der Waals surface area contributed by atoms with Crippen LogP contribution in [0.1, 0.15) is 10.4 Å². The number of nitrogens with one attached hydrogen (secondary N) is 1. The first kappa shape index (κ1) is 12.5. The molecule has 0 radical (unpaired) electrons. The molecule has 1 heterocycles. The summed E-state index contributed by atoms with van der Waals surface area (Å²) in [4.78, 5) is 22.7. The van der Waals surface area contributed by atoms with E-state index in [1.165, 1.54) is 12.1 Å². The summed E-state index contributed by atoms with van der Waals surface area (Å²) in [6.07, 6.45) is 0. The molecule has 6 nitrogen and oxygen atoms in total. The van der Waals surface area contributed by atoms with Crippen LogP contribution in [0.4, 0.5) is 5.69 Å². The molecule has 0 spiro atoms. The van der Waals surface area contributed by atoms with Gasteiger partial charge >= 0.3 is 5.97 Å². The van der Waals surface area contributed by atoms with Gasteiger partial charge in [-0.3, -0.25) is 4.79 Å². The van der Waals surface area contributed by atoms with Crippen LogP contribution in [0.5, 0.6) is 0 Å². The lowest BCUT2D eigenvalue weighted by Crippen LogP contribution is -2.37. The van der Waals surface area contributed by atoms with Gasteiger partial charge in [0.05, 0.1) is 24.7 Å². The Hall–Kier alpha value is -1.92. The standard InChI is InChI=1S/C12H14N2O4/c13-10-6-18-5-9(10)11(15)14-8-3-1-2-7(4-8)12(16)17/h1-4,9-10H,5-6,13H2,(H,14,15)(H,16,17). The summed E-state index contributed by atoms with van der Waals surface area (Å²) in [5.74, 6) is -1.67. The van der Waals surface area contributed by atoms with Crippen molar-refractivity contribution in [2.24, 2.45) is 11.7 Å². The topological polar surface area (TPSA) is 102 Å². The summed E-state index contributed by atoms with van der Waals surface area (Å²) in [5, 5.41) is 11.5. The van der Waals surface area contributed by atoms with E-state index in [1.807, 2.05) is 0 Å². The Labute approximate surface area is 104 Å². The van der Waals surface area contributed by atoms with Crippen LogP contribution in [-0.2, 0) is 9.53 Å². The molecular weight excluding hydrogens is 236 g/mol. The molecule has 2 atom stereocenters. The van der Waals surface area contributed by atoms with E-state index in [0.29, 0.717) is 18.9 Å². The fourth-order valence-corrected chi connectivity index (χ4v) is 1.81. The molecule has 0 aromatic heterocycles. The normalized spacial score (nSPS) is 22.7. The summed E-state index contributed by atoms with van der Waals surface area (Å²) in [6.45, 7) is 0.666. The van der Waals surface area contributed by atoms with Crippen molar-refractivity contribution in [2.75, 3.05) is 18.5 Å². The van der Waals surface area contributed by atoms with Crippen molar-refractivity contribution < 1.29 is 19.4 Å². The molecule has 0 bridgehead atoms.